The number of hydrogen-bond donors (Lipinski definition) is 2. The summed E-state index contributed by atoms with van der Waals surface area (Å²) in [5.74, 6) is -0.212. The van der Waals surface area contributed by atoms with Crippen LogP contribution in [0.5, 0.6) is 5.75 Å². The Labute approximate surface area is 158 Å². The molecule has 2 amide bonds. The van der Waals surface area contributed by atoms with Gasteiger partial charge >= 0.3 is 0 Å². The van der Waals surface area contributed by atoms with Gasteiger partial charge in [-0.2, -0.15) is 0 Å². The first-order valence-electron chi connectivity index (χ1n) is 8.30. The number of nitrogens with one attached hydrogen (secondary N) is 2. The first-order valence-corrected chi connectivity index (χ1v) is 8.67. The zero-order valence-electron chi connectivity index (χ0n) is 15.6. The van der Waals surface area contributed by atoms with Crippen LogP contribution in [0.25, 0.3) is 0 Å². The summed E-state index contributed by atoms with van der Waals surface area (Å²) < 4.78 is 5.75. The lowest BCUT2D eigenvalue weighted by molar-refractivity contribution is -0.128. The average molecular weight is 375 g/mol. The minimum atomic E-state index is -0.784. The third-order valence-electron chi connectivity index (χ3n) is 4.01. The van der Waals surface area contributed by atoms with E-state index in [4.69, 9.17) is 16.3 Å². The molecule has 0 saturated heterocycles. The van der Waals surface area contributed by atoms with E-state index < -0.39 is 12.0 Å². The molecule has 0 spiro atoms. The second kappa shape index (κ2) is 8.23. The molecule has 2 aromatic rings. The predicted molar refractivity (Wildman–Crippen MR) is 103 cm³/mol. The normalized spacial score (nSPS) is 11.6. The SMILES string of the molecule is Cc1ccc(C(=O)NNC(=O)C(C)Oc2c(C)cc(Cl)cc2C)c(C)c1. The van der Waals surface area contributed by atoms with Gasteiger partial charge in [-0.15, -0.1) is 0 Å². The van der Waals surface area contributed by atoms with E-state index in [9.17, 15) is 9.59 Å². The van der Waals surface area contributed by atoms with Gasteiger partial charge in [0.1, 0.15) is 5.75 Å². The van der Waals surface area contributed by atoms with Crippen molar-refractivity contribution in [3.05, 3.63) is 63.2 Å². The molecular formula is C20H23ClN2O3. The van der Waals surface area contributed by atoms with E-state index in [1.54, 1.807) is 25.1 Å². The largest absolute Gasteiger partial charge is 0.480 e. The minimum Gasteiger partial charge on any atom is -0.480 e. The molecule has 0 aromatic heterocycles. The third kappa shape index (κ3) is 4.76. The van der Waals surface area contributed by atoms with E-state index >= 15 is 0 Å². The number of carbonyl (C=O) groups is 2. The molecule has 1 atom stereocenters. The standard InChI is InChI=1S/C20H23ClN2O3/c1-11-6-7-17(12(2)8-11)20(25)23-22-19(24)15(5)26-18-13(3)9-16(21)10-14(18)4/h6-10,15H,1-5H3,(H,22,24)(H,23,25). The van der Waals surface area contributed by atoms with Crippen LogP contribution < -0.4 is 15.6 Å². The van der Waals surface area contributed by atoms with Gasteiger partial charge in [-0.25, -0.2) is 0 Å². The first-order chi connectivity index (χ1) is 12.2. The lowest BCUT2D eigenvalue weighted by Crippen LogP contribution is -2.47. The number of ether oxygens (including phenoxy) is 1. The van der Waals surface area contributed by atoms with Crippen LogP contribution >= 0.6 is 11.6 Å². The Bertz CT molecular complexity index is 826. The minimum absolute atomic E-state index is 0.373. The molecule has 1 unspecified atom stereocenters. The molecule has 0 radical (unpaired) electrons. The van der Waals surface area contributed by atoms with E-state index in [2.05, 4.69) is 10.9 Å². The Morgan fingerprint density at radius 1 is 0.962 bits per heavy atom. The second-order valence-electron chi connectivity index (χ2n) is 6.39. The Kier molecular flexibility index (Phi) is 6.27. The fourth-order valence-electron chi connectivity index (χ4n) is 2.67. The highest BCUT2D eigenvalue weighted by Gasteiger charge is 2.18. The molecule has 6 heteroatoms. The highest BCUT2D eigenvalue weighted by atomic mass is 35.5. The van der Waals surface area contributed by atoms with Crippen molar-refractivity contribution in [2.45, 2.75) is 40.7 Å². The maximum absolute atomic E-state index is 12.2. The zero-order chi connectivity index (χ0) is 19.4. The van der Waals surface area contributed by atoms with Gasteiger partial charge in [0.2, 0.25) is 0 Å². The molecule has 0 aliphatic carbocycles. The topological polar surface area (TPSA) is 67.4 Å². The quantitative estimate of drug-likeness (QED) is 0.800. The summed E-state index contributed by atoms with van der Waals surface area (Å²) in [7, 11) is 0. The molecule has 0 aliphatic heterocycles. The Hall–Kier alpha value is -2.53. The van der Waals surface area contributed by atoms with Crippen LogP contribution in [0.2, 0.25) is 5.02 Å². The predicted octanol–water partition coefficient (Wildman–Crippen LogP) is 3.80. The van der Waals surface area contributed by atoms with Crippen LogP contribution in [-0.2, 0) is 4.79 Å². The molecule has 2 rings (SSSR count). The van der Waals surface area contributed by atoms with Gasteiger partial charge in [-0.3, -0.25) is 20.4 Å². The molecule has 0 fully saturated rings. The summed E-state index contributed by atoms with van der Waals surface area (Å²) in [6, 6.07) is 9.04. The second-order valence-corrected chi connectivity index (χ2v) is 6.83. The lowest BCUT2D eigenvalue weighted by atomic mass is 10.1. The summed E-state index contributed by atoms with van der Waals surface area (Å²) in [4.78, 5) is 24.5. The van der Waals surface area contributed by atoms with Crippen LogP contribution in [0.15, 0.2) is 30.3 Å². The molecule has 0 saturated carbocycles. The Morgan fingerprint density at radius 3 is 2.15 bits per heavy atom. The van der Waals surface area contributed by atoms with Crippen LogP contribution in [0.1, 0.15) is 39.5 Å². The number of carbonyl (C=O) groups excluding carboxylic acids is 2. The van der Waals surface area contributed by atoms with Crippen molar-refractivity contribution in [3.8, 4) is 5.75 Å². The van der Waals surface area contributed by atoms with Gasteiger partial charge < -0.3 is 4.74 Å². The first kappa shape index (κ1) is 19.8. The van der Waals surface area contributed by atoms with E-state index in [1.165, 1.54) is 0 Å². The fraction of sp³-hybridized carbons (Fsp3) is 0.300. The fourth-order valence-corrected chi connectivity index (χ4v) is 3.00. The number of halogens is 1. The number of amides is 2. The van der Waals surface area contributed by atoms with E-state index in [1.807, 2.05) is 39.8 Å². The van der Waals surface area contributed by atoms with Gasteiger partial charge in [0.25, 0.3) is 11.8 Å². The van der Waals surface area contributed by atoms with E-state index in [-0.39, 0.29) is 5.91 Å². The molecule has 0 bridgehead atoms. The van der Waals surface area contributed by atoms with E-state index in [0.29, 0.717) is 16.3 Å². The van der Waals surface area contributed by atoms with Crippen molar-refractivity contribution in [1.82, 2.24) is 10.9 Å². The van der Waals surface area contributed by atoms with Crippen molar-refractivity contribution >= 4 is 23.4 Å². The molecule has 5 nitrogen and oxygen atoms in total. The van der Waals surface area contributed by atoms with Gasteiger partial charge in [0, 0.05) is 10.6 Å². The third-order valence-corrected chi connectivity index (χ3v) is 4.23. The highest BCUT2D eigenvalue weighted by Crippen LogP contribution is 2.27. The van der Waals surface area contributed by atoms with Crippen molar-refractivity contribution < 1.29 is 14.3 Å². The number of aryl methyl sites for hydroxylation is 4. The summed E-state index contributed by atoms with van der Waals surface area (Å²) in [6.45, 7) is 9.14. The maximum Gasteiger partial charge on any atom is 0.279 e. The average Bonchev–Trinajstić information content (AvgIpc) is 2.55. The van der Waals surface area contributed by atoms with Gasteiger partial charge in [-0.1, -0.05) is 29.3 Å². The molecule has 138 valence electrons. The monoisotopic (exact) mass is 374 g/mol. The van der Waals surface area contributed by atoms with Crippen LogP contribution in [0, 0.1) is 27.7 Å². The molecular weight excluding hydrogens is 352 g/mol. The molecule has 2 N–H and O–H groups in total. The van der Waals surface area contributed by atoms with Crippen molar-refractivity contribution in [1.29, 1.82) is 0 Å². The number of rotatable bonds is 4. The Balaban J connectivity index is 1.98. The van der Waals surface area contributed by atoms with Crippen LogP contribution in [0.3, 0.4) is 0 Å². The Morgan fingerprint density at radius 2 is 1.58 bits per heavy atom. The smallest absolute Gasteiger partial charge is 0.279 e. The maximum atomic E-state index is 12.2. The summed E-state index contributed by atoms with van der Waals surface area (Å²) >= 11 is 6.00. The van der Waals surface area contributed by atoms with Gasteiger partial charge in [0.15, 0.2) is 6.10 Å². The van der Waals surface area contributed by atoms with Crippen LogP contribution in [-0.4, -0.2) is 17.9 Å². The van der Waals surface area contributed by atoms with Crippen molar-refractivity contribution in [2.24, 2.45) is 0 Å². The molecule has 0 aliphatic rings. The van der Waals surface area contributed by atoms with Crippen molar-refractivity contribution in [3.63, 3.8) is 0 Å². The number of hydrazine groups is 1. The number of hydrogen-bond acceptors (Lipinski definition) is 3. The van der Waals surface area contributed by atoms with Crippen molar-refractivity contribution in [2.75, 3.05) is 0 Å². The summed E-state index contributed by atoms with van der Waals surface area (Å²) in [5, 5.41) is 0.616. The van der Waals surface area contributed by atoms with Crippen LogP contribution in [0.4, 0.5) is 0 Å². The molecule has 2 aromatic carbocycles. The molecule has 26 heavy (non-hydrogen) atoms. The van der Waals surface area contributed by atoms with Gasteiger partial charge in [-0.05, 0) is 69.5 Å². The highest BCUT2D eigenvalue weighted by molar-refractivity contribution is 6.30. The summed E-state index contributed by atoms with van der Waals surface area (Å²) in [5.41, 5.74) is 8.93. The lowest BCUT2D eigenvalue weighted by Gasteiger charge is -2.18. The molecule has 0 heterocycles. The summed E-state index contributed by atoms with van der Waals surface area (Å²) in [6.07, 6.45) is -0.784. The number of benzene rings is 2. The van der Waals surface area contributed by atoms with E-state index in [0.717, 1.165) is 22.3 Å². The zero-order valence-corrected chi connectivity index (χ0v) is 16.3. The van der Waals surface area contributed by atoms with Gasteiger partial charge in [0.05, 0.1) is 0 Å².